The number of hydrogen-bond donors (Lipinski definition) is 0. The Morgan fingerprint density at radius 1 is 0.957 bits per heavy atom. The van der Waals surface area contributed by atoms with Gasteiger partial charge in [0, 0.05) is 34.3 Å². The number of fused-ring (bicyclic) bond motifs is 1. The summed E-state index contributed by atoms with van der Waals surface area (Å²) in [5.41, 5.74) is 2.76. The number of allylic oxidation sites excluding steroid dienone is 1. The second-order valence-corrected chi connectivity index (χ2v) is 12.5. The zero-order chi connectivity index (χ0) is 33.8. The summed E-state index contributed by atoms with van der Waals surface area (Å²) in [6.45, 7) is 6.87. The number of amides is 1. The summed E-state index contributed by atoms with van der Waals surface area (Å²) in [6, 6.07) is 15.2. The molecule has 0 spiro atoms. The Morgan fingerprint density at radius 2 is 1.68 bits per heavy atom. The molecule has 0 bridgehead atoms. The van der Waals surface area contributed by atoms with Crippen LogP contribution in [0.2, 0.25) is 10.0 Å². The van der Waals surface area contributed by atoms with Gasteiger partial charge in [-0.1, -0.05) is 46.7 Å². The highest BCUT2D eigenvalue weighted by molar-refractivity contribution is 7.07. The van der Waals surface area contributed by atoms with Gasteiger partial charge in [0.2, 0.25) is 0 Å². The van der Waals surface area contributed by atoms with Crippen molar-refractivity contribution in [1.82, 2.24) is 9.47 Å². The summed E-state index contributed by atoms with van der Waals surface area (Å²) >= 11 is 13.6. The van der Waals surface area contributed by atoms with E-state index in [4.69, 9.17) is 47.1 Å². The lowest BCUT2D eigenvalue weighted by Gasteiger charge is -2.30. The molecule has 0 saturated carbocycles. The van der Waals surface area contributed by atoms with Crippen LogP contribution in [0.15, 0.2) is 75.7 Å². The third-order valence-corrected chi connectivity index (χ3v) is 9.49. The van der Waals surface area contributed by atoms with E-state index in [0.717, 1.165) is 11.1 Å². The minimum Gasteiger partial charge on any atom is -0.497 e. The van der Waals surface area contributed by atoms with E-state index < -0.39 is 6.04 Å². The monoisotopic (exact) mass is 695 g/mol. The Balaban J connectivity index is 1.60. The quantitative estimate of drug-likeness (QED) is 0.191. The van der Waals surface area contributed by atoms with Crippen LogP contribution in [0.1, 0.15) is 43.5 Å². The zero-order valence-corrected chi connectivity index (χ0v) is 29.3. The van der Waals surface area contributed by atoms with E-state index >= 15 is 0 Å². The van der Waals surface area contributed by atoms with Gasteiger partial charge in [-0.15, -0.1) is 0 Å². The Kier molecular flexibility index (Phi) is 10.6. The molecule has 4 aromatic rings. The van der Waals surface area contributed by atoms with Crippen LogP contribution in [0, 0.1) is 0 Å². The van der Waals surface area contributed by atoms with Crippen molar-refractivity contribution < 1.29 is 23.7 Å². The number of carbonyl (C=O) groups is 1. The summed E-state index contributed by atoms with van der Waals surface area (Å²) in [5, 5.41) is 1.05. The maximum absolute atomic E-state index is 14.3. The normalized spacial score (nSPS) is 14.4. The molecule has 1 atom stereocenters. The fraction of sp³-hybridized carbons (Fsp3) is 0.286. The number of ether oxygens (including phenoxy) is 4. The van der Waals surface area contributed by atoms with E-state index in [0.29, 0.717) is 72.3 Å². The molecular formula is C35H35Cl2N3O6S. The van der Waals surface area contributed by atoms with Crippen LogP contribution in [0.4, 0.5) is 0 Å². The summed E-state index contributed by atoms with van der Waals surface area (Å²) in [6.07, 6.45) is 1.78. The van der Waals surface area contributed by atoms with E-state index in [1.807, 2.05) is 26.0 Å². The first-order chi connectivity index (χ1) is 22.6. The van der Waals surface area contributed by atoms with Crippen molar-refractivity contribution >= 4 is 46.5 Å². The molecule has 246 valence electrons. The van der Waals surface area contributed by atoms with Crippen molar-refractivity contribution in [1.29, 1.82) is 0 Å². The SMILES string of the molecule is CCN(CC)C(=O)C1=C(C)N=c2s/c(=C/c3ccc(OCc4ccc(Cl)cc4Cl)c(OC)c3)c(=O)n2[C@H]1c1cc(OC)ccc1OC. The van der Waals surface area contributed by atoms with Crippen LogP contribution < -0.4 is 33.8 Å². The molecule has 0 aliphatic carbocycles. The van der Waals surface area contributed by atoms with Gasteiger partial charge in [-0.05, 0) is 74.9 Å². The zero-order valence-electron chi connectivity index (χ0n) is 26.9. The van der Waals surface area contributed by atoms with Crippen LogP contribution in [0.25, 0.3) is 6.08 Å². The van der Waals surface area contributed by atoms with Gasteiger partial charge < -0.3 is 23.8 Å². The maximum Gasteiger partial charge on any atom is 0.271 e. The number of rotatable bonds is 11. The number of halogens is 2. The third-order valence-electron chi connectivity index (χ3n) is 7.92. The van der Waals surface area contributed by atoms with Gasteiger partial charge in [0.05, 0.1) is 37.1 Å². The number of nitrogens with zero attached hydrogens (tertiary/aromatic N) is 3. The second-order valence-electron chi connectivity index (χ2n) is 10.6. The van der Waals surface area contributed by atoms with Gasteiger partial charge in [-0.2, -0.15) is 0 Å². The Bertz CT molecular complexity index is 2030. The first-order valence-electron chi connectivity index (χ1n) is 14.9. The average Bonchev–Trinajstić information content (AvgIpc) is 3.37. The molecule has 0 fully saturated rings. The molecule has 3 aromatic carbocycles. The molecule has 9 nitrogen and oxygen atoms in total. The lowest BCUT2D eigenvalue weighted by atomic mass is 9.93. The smallest absolute Gasteiger partial charge is 0.271 e. The fourth-order valence-electron chi connectivity index (χ4n) is 5.46. The van der Waals surface area contributed by atoms with Gasteiger partial charge >= 0.3 is 0 Å². The Hall–Kier alpha value is -4.25. The fourth-order valence-corrected chi connectivity index (χ4v) is 6.97. The molecule has 1 aliphatic heterocycles. The van der Waals surface area contributed by atoms with Crippen LogP contribution in [-0.2, 0) is 11.4 Å². The number of benzene rings is 3. The molecule has 0 unspecified atom stereocenters. The topological polar surface area (TPSA) is 91.6 Å². The van der Waals surface area contributed by atoms with Crippen molar-refractivity contribution in [2.24, 2.45) is 4.99 Å². The van der Waals surface area contributed by atoms with E-state index in [1.165, 1.54) is 11.3 Å². The first-order valence-corrected chi connectivity index (χ1v) is 16.5. The Morgan fingerprint density at radius 3 is 2.34 bits per heavy atom. The maximum atomic E-state index is 14.3. The summed E-state index contributed by atoms with van der Waals surface area (Å²) < 4.78 is 24.9. The van der Waals surface area contributed by atoms with Gasteiger partial charge in [0.1, 0.15) is 24.1 Å². The highest BCUT2D eigenvalue weighted by Crippen LogP contribution is 2.38. The van der Waals surface area contributed by atoms with Crippen LogP contribution >= 0.6 is 34.5 Å². The predicted molar refractivity (Wildman–Crippen MR) is 185 cm³/mol. The van der Waals surface area contributed by atoms with Gasteiger partial charge in [-0.3, -0.25) is 14.2 Å². The average molecular weight is 697 g/mol. The molecule has 0 saturated heterocycles. The largest absolute Gasteiger partial charge is 0.497 e. The molecule has 47 heavy (non-hydrogen) atoms. The summed E-state index contributed by atoms with van der Waals surface area (Å²) in [7, 11) is 4.67. The van der Waals surface area contributed by atoms with Crippen molar-refractivity contribution in [3.05, 3.63) is 112 Å². The van der Waals surface area contributed by atoms with Crippen molar-refractivity contribution in [2.75, 3.05) is 34.4 Å². The molecule has 1 aromatic heterocycles. The van der Waals surface area contributed by atoms with Crippen LogP contribution in [-0.4, -0.2) is 49.8 Å². The second kappa shape index (κ2) is 14.7. The number of methoxy groups -OCH3 is 3. The molecule has 1 amide bonds. The molecule has 0 N–H and O–H groups in total. The molecule has 1 aliphatic rings. The molecule has 5 rings (SSSR count). The van der Waals surface area contributed by atoms with E-state index in [9.17, 15) is 9.59 Å². The lowest BCUT2D eigenvalue weighted by molar-refractivity contribution is -0.127. The minimum atomic E-state index is -0.795. The van der Waals surface area contributed by atoms with Crippen LogP contribution in [0.3, 0.4) is 0 Å². The minimum absolute atomic E-state index is 0.194. The van der Waals surface area contributed by atoms with Crippen molar-refractivity contribution in [2.45, 2.75) is 33.4 Å². The molecule has 0 radical (unpaired) electrons. The number of carbonyl (C=O) groups excluding carboxylic acids is 1. The van der Waals surface area contributed by atoms with E-state index in [-0.39, 0.29) is 18.1 Å². The van der Waals surface area contributed by atoms with Gasteiger partial charge in [0.25, 0.3) is 11.5 Å². The predicted octanol–water partition coefficient (Wildman–Crippen LogP) is 6.02. The molecular weight excluding hydrogens is 661 g/mol. The Labute approximate surface area is 286 Å². The number of thiazole rings is 1. The molecule has 12 heteroatoms. The molecule has 2 heterocycles. The summed E-state index contributed by atoms with van der Waals surface area (Å²) in [5.74, 6) is 1.89. The number of likely N-dealkylation sites (N-methyl/N-ethyl adjacent to an activating group) is 1. The number of aromatic nitrogens is 1. The van der Waals surface area contributed by atoms with E-state index in [1.54, 1.807) is 86.3 Å². The highest BCUT2D eigenvalue weighted by Gasteiger charge is 2.36. The van der Waals surface area contributed by atoms with Crippen molar-refractivity contribution in [3.8, 4) is 23.0 Å². The number of hydrogen-bond acceptors (Lipinski definition) is 8. The van der Waals surface area contributed by atoms with E-state index in [2.05, 4.69) is 0 Å². The third kappa shape index (κ3) is 6.90. The lowest BCUT2D eigenvalue weighted by Crippen LogP contribution is -2.43. The standard InChI is InChI=1S/C35H35Cl2N3O6S/c1-7-39(8-2)34(42)31-20(3)38-35-40(32(31)25-18-24(43-4)12-14-27(25)44-5)33(41)30(47-35)16-21-9-13-28(29(15-21)45-6)46-19-22-10-11-23(36)17-26(22)37/h9-18,32H,7-8,19H2,1-6H3/b30-16+/t32-/m0/s1. The van der Waals surface area contributed by atoms with Gasteiger partial charge in [0.15, 0.2) is 16.3 Å². The van der Waals surface area contributed by atoms with Gasteiger partial charge in [-0.25, -0.2) is 4.99 Å². The highest BCUT2D eigenvalue weighted by atomic mass is 35.5. The first kappa shape index (κ1) is 34.1. The van der Waals surface area contributed by atoms with Crippen LogP contribution in [0.5, 0.6) is 23.0 Å². The summed E-state index contributed by atoms with van der Waals surface area (Å²) in [4.78, 5) is 35.2. The van der Waals surface area contributed by atoms with Crippen molar-refractivity contribution in [3.63, 3.8) is 0 Å².